The van der Waals surface area contributed by atoms with E-state index in [1.165, 1.54) is 6.20 Å². The highest BCUT2D eigenvalue weighted by Gasteiger charge is 2.24. The monoisotopic (exact) mass is 938 g/mol. The number of hydrogen-bond donors (Lipinski definition) is 6. The second-order valence-electron chi connectivity index (χ2n) is 16.6. The van der Waals surface area contributed by atoms with E-state index in [2.05, 4.69) is 50.9 Å². The molecular weight excluding hydrogens is 887 g/mol. The van der Waals surface area contributed by atoms with Crippen molar-refractivity contribution in [1.29, 1.82) is 0 Å². The molecule has 2 aliphatic carbocycles. The van der Waals surface area contributed by atoms with Crippen molar-refractivity contribution in [3.8, 4) is 17.4 Å². The van der Waals surface area contributed by atoms with Crippen molar-refractivity contribution >= 4 is 75.7 Å². The number of fused-ring (bicyclic) bond motifs is 2. The quantitative estimate of drug-likeness (QED) is 0.0428. The summed E-state index contributed by atoms with van der Waals surface area (Å²) in [5.41, 5.74) is 3.38. The molecule has 19 nitrogen and oxygen atoms in total. The van der Waals surface area contributed by atoms with Gasteiger partial charge in [0.1, 0.15) is 34.6 Å². The van der Waals surface area contributed by atoms with Crippen LogP contribution in [0.5, 0.6) is 17.4 Å². The van der Waals surface area contributed by atoms with Crippen LogP contribution in [0, 0.1) is 0 Å². The number of benzene rings is 2. The Kier molecular flexibility index (Phi) is 14.4. The highest BCUT2D eigenvalue weighted by atomic mass is 35.5. The number of halogens is 2. The van der Waals surface area contributed by atoms with Crippen molar-refractivity contribution in [3.05, 3.63) is 103 Å². The Bertz CT molecular complexity index is 3010. The van der Waals surface area contributed by atoms with Gasteiger partial charge >= 0.3 is 5.69 Å². The summed E-state index contributed by atoms with van der Waals surface area (Å²) in [7, 11) is 8.12. The molecule has 9 rings (SSSR count). The molecule has 2 aromatic carbocycles. The molecule has 5 aromatic heterocycles. The molecule has 2 aliphatic rings. The van der Waals surface area contributed by atoms with Crippen LogP contribution in [0.4, 0.5) is 28.8 Å². The molecule has 5 heterocycles. The van der Waals surface area contributed by atoms with Crippen molar-refractivity contribution in [3.63, 3.8) is 0 Å². The molecule has 0 aliphatic heterocycles. The first kappa shape index (κ1) is 45.9. The van der Waals surface area contributed by atoms with Gasteiger partial charge in [-0.25, -0.2) is 14.8 Å². The van der Waals surface area contributed by atoms with E-state index in [1.54, 1.807) is 33.4 Å². The number of carbonyl (C=O) groups is 1. The number of anilines is 5. The summed E-state index contributed by atoms with van der Waals surface area (Å²) in [4.78, 5) is 46.0. The minimum Gasteiger partial charge on any atom is -0.493 e. The average molecular weight is 940 g/mol. The lowest BCUT2D eigenvalue weighted by Crippen LogP contribution is -2.19. The third-order valence-electron chi connectivity index (χ3n) is 10.4. The predicted octanol–water partition coefficient (Wildman–Crippen LogP) is 5.63. The van der Waals surface area contributed by atoms with Gasteiger partial charge in [-0.2, -0.15) is 19.2 Å². The number of aromatic nitrogens is 8. The number of aromatic amines is 2. The van der Waals surface area contributed by atoms with Gasteiger partial charge in [0.2, 0.25) is 5.88 Å². The number of nitrogens with one attached hydrogen (secondary N) is 5. The SMILES string of the molecule is CN(C)CCCOc1ccc(Nc2cc(=NC3CC3)n3ncc(=Cc4[nH]c(=O)[nH]c4O)c3n2)cc1Cl.CN(C)CCCOc1ccc(Nc2cc(NC3CC3)n3ncc(C=O)c3n2)cc1Cl. The molecule has 66 heavy (non-hydrogen) atoms. The maximum Gasteiger partial charge on any atom is 0.326 e. The summed E-state index contributed by atoms with van der Waals surface area (Å²) in [5, 5.41) is 30.3. The Morgan fingerprint density at radius 1 is 0.818 bits per heavy atom. The van der Waals surface area contributed by atoms with E-state index in [-0.39, 0.29) is 17.6 Å². The van der Waals surface area contributed by atoms with E-state index in [4.69, 9.17) is 42.7 Å². The summed E-state index contributed by atoms with van der Waals surface area (Å²) in [6, 6.07) is 15.5. The fraction of sp³-hybridized carbons (Fsp3) is 0.356. The van der Waals surface area contributed by atoms with Crippen LogP contribution >= 0.6 is 23.2 Å². The molecule has 2 saturated carbocycles. The fourth-order valence-corrected chi connectivity index (χ4v) is 7.21. The number of imidazole rings is 1. The highest BCUT2D eigenvalue weighted by molar-refractivity contribution is 6.32. The van der Waals surface area contributed by atoms with E-state index < -0.39 is 5.69 Å². The Labute approximate surface area is 389 Å². The van der Waals surface area contributed by atoms with Gasteiger partial charge in [-0.3, -0.25) is 14.8 Å². The van der Waals surface area contributed by atoms with Gasteiger partial charge in [0.15, 0.2) is 23.1 Å². The number of hydrogen-bond acceptors (Lipinski definition) is 15. The topological polar surface area (TPSA) is 220 Å². The van der Waals surface area contributed by atoms with Crippen LogP contribution < -0.4 is 41.8 Å². The van der Waals surface area contributed by atoms with Crippen LogP contribution in [0.15, 0.2) is 70.7 Å². The first-order valence-electron chi connectivity index (χ1n) is 21.6. The van der Waals surface area contributed by atoms with Crippen molar-refractivity contribution in [2.75, 3.05) is 70.4 Å². The van der Waals surface area contributed by atoms with E-state index in [0.29, 0.717) is 80.0 Å². The number of carbonyl (C=O) groups excluding carboxylic acids is 1. The highest BCUT2D eigenvalue weighted by Crippen LogP contribution is 2.32. The van der Waals surface area contributed by atoms with Gasteiger partial charge < -0.3 is 45.3 Å². The van der Waals surface area contributed by atoms with Crippen LogP contribution in [0.25, 0.3) is 17.4 Å². The molecule has 0 atom stereocenters. The summed E-state index contributed by atoms with van der Waals surface area (Å²) in [6.07, 6.45) is 11.7. The van der Waals surface area contributed by atoms with E-state index in [1.807, 2.05) is 64.6 Å². The second kappa shape index (κ2) is 20.7. The largest absolute Gasteiger partial charge is 0.493 e. The van der Waals surface area contributed by atoms with Gasteiger partial charge in [-0.1, -0.05) is 23.2 Å². The molecular formula is C45H52Cl2N14O5. The number of nitrogens with zero attached hydrogens (tertiary/aromatic N) is 9. The molecule has 346 valence electrons. The number of aromatic hydroxyl groups is 1. The number of rotatable bonds is 19. The van der Waals surface area contributed by atoms with Crippen molar-refractivity contribution < 1.29 is 19.4 Å². The van der Waals surface area contributed by atoms with Crippen molar-refractivity contribution in [2.45, 2.75) is 50.6 Å². The van der Waals surface area contributed by atoms with Crippen molar-refractivity contribution in [1.82, 2.24) is 49.0 Å². The molecule has 2 fully saturated rings. The third kappa shape index (κ3) is 12.0. The number of H-pyrrole nitrogens is 2. The Morgan fingerprint density at radius 3 is 1.97 bits per heavy atom. The minimum absolute atomic E-state index is 0.240. The minimum atomic E-state index is -0.503. The molecule has 0 unspecified atom stereocenters. The van der Waals surface area contributed by atoms with Crippen LogP contribution in [0.3, 0.4) is 0 Å². The van der Waals surface area contributed by atoms with Crippen LogP contribution in [-0.4, -0.2) is 127 Å². The Hall–Kier alpha value is -6.67. The summed E-state index contributed by atoms with van der Waals surface area (Å²) in [6.45, 7) is 3.08. The lowest BCUT2D eigenvalue weighted by molar-refractivity contribution is 0.112. The lowest BCUT2D eigenvalue weighted by atomic mass is 10.3. The van der Waals surface area contributed by atoms with Gasteiger partial charge in [-0.15, -0.1) is 0 Å². The maximum atomic E-state index is 11.5. The van der Waals surface area contributed by atoms with Gasteiger partial charge in [-0.05, 0) is 109 Å². The molecule has 7 aromatic rings. The van der Waals surface area contributed by atoms with Gasteiger partial charge in [0.05, 0.1) is 47.3 Å². The summed E-state index contributed by atoms with van der Waals surface area (Å²) in [5.74, 6) is 2.98. The average Bonchev–Trinajstić information content (AvgIpc) is 4.17. The number of ether oxygens (including phenoxy) is 2. The number of aldehydes is 1. The Balaban J connectivity index is 0.000000182. The summed E-state index contributed by atoms with van der Waals surface area (Å²) < 4.78 is 14.9. The lowest BCUT2D eigenvalue weighted by Gasteiger charge is -2.13. The van der Waals surface area contributed by atoms with E-state index in [0.717, 1.165) is 75.1 Å². The molecule has 0 amide bonds. The first-order valence-corrected chi connectivity index (χ1v) is 22.4. The normalized spacial score (nSPS) is 14.2. The van der Waals surface area contributed by atoms with Crippen LogP contribution in [-0.2, 0) is 0 Å². The van der Waals surface area contributed by atoms with E-state index in [9.17, 15) is 14.7 Å². The fourth-order valence-electron chi connectivity index (χ4n) is 6.74. The molecule has 0 radical (unpaired) electrons. The smallest absolute Gasteiger partial charge is 0.326 e. The van der Waals surface area contributed by atoms with Crippen LogP contribution in [0.2, 0.25) is 10.0 Å². The maximum absolute atomic E-state index is 11.5. The zero-order valence-corrected chi connectivity index (χ0v) is 38.5. The standard InChI is InChI=1S/C24H27ClN8O3.C21H25ClN6O2/c1-32(2)8-3-9-36-19-7-6-16(11-17(19)25)27-20-12-21(28-15-4-5-15)33-22(30-20)14(13-26-33)10-18-23(34)31-24(35)29-18;1-27(2)8-3-9-30-18-7-6-16(10-17(18)22)24-19-11-20(25-15-4-5-15)28-21(26-19)14(13-29)12-23-28/h6-7,10-13,15,27,34H,3-5,8-9H2,1-2H3,(H2,29,31,35);6-7,10-13,15,25H,3-5,8-9H2,1-2H3,(H,24,26). The summed E-state index contributed by atoms with van der Waals surface area (Å²) >= 11 is 12.9. The van der Waals surface area contributed by atoms with Crippen LogP contribution in [0.1, 0.15) is 54.6 Å². The second-order valence-corrected chi connectivity index (χ2v) is 17.4. The van der Waals surface area contributed by atoms with E-state index >= 15 is 0 Å². The van der Waals surface area contributed by atoms with Crippen molar-refractivity contribution in [2.24, 2.45) is 4.99 Å². The first-order chi connectivity index (χ1) is 31.9. The molecule has 21 heteroatoms. The van der Waals surface area contributed by atoms with Gasteiger partial charge in [0, 0.05) is 47.9 Å². The predicted molar refractivity (Wildman–Crippen MR) is 255 cm³/mol. The van der Waals surface area contributed by atoms with Gasteiger partial charge in [0.25, 0.3) is 0 Å². The molecule has 0 saturated heterocycles. The third-order valence-corrected chi connectivity index (χ3v) is 10.9. The molecule has 6 N–H and O–H groups in total. The molecule has 0 bridgehead atoms. The zero-order chi connectivity index (χ0) is 46.3. The Morgan fingerprint density at radius 2 is 1.42 bits per heavy atom. The molecule has 0 spiro atoms. The zero-order valence-electron chi connectivity index (χ0n) is 37.0.